The van der Waals surface area contributed by atoms with Gasteiger partial charge in [0.15, 0.2) is 5.96 Å². The molecule has 0 atom stereocenters. The van der Waals surface area contributed by atoms with Crippen molar-refractivity contribution < 1.29 is 8.42 Å². The minimum Gasteiger partial charge on any atom is -0.357 e. The Balaban J connectivity index is 0.00000625. The largest absolute Gasteiger partial charge is 0.357 e. The van der Waals surface area contributed by atoms with Gasteiger partial charge < -0.3 is 10.6 Å². The molecule has 0 aliphatic rings. The van der Waals surface area contributed by atoms with Gasteiger partial charge in [-0.1, -0.05) is 36.2 Å². The third-order valence-electron chi connectivity index (χ3n) is 3.47. The first-order valence-corrected chi connectivity index (χ1v) is 10.8. The summed E-state index contributed by atoms with van der Waals surface area (Å²) in [7, 11) is -3.15. The maximum absolute atomic E-state index is 11.6. The van der Waals surface area contributed by atoms with E-state index in [1.807, 2.05) is 19.9 Å². The number of sulfonamides is 1. The molecule has 0 aliphatic carbocycles. The Bertz CT molecular complexity index is 687. The van der Waals surface area contributed by atoms with Crippen molar-refractivity contribution in [2.24, 2.45) is 4.99 Å². The van der Waals surface area contributed by atoms with E-state index in [0.717, 1.165) is 12.1 Å². The number of aliphatic imine (C=N–C) groups is 1. The number of nitrogens with zero attached hydrogens (tertiary/aromatic N) is 2. The van der Waals surface area contributed by atoms with Crippen molar-refractivity contribution in [3.05, 3.63) is 33.8 Å². The average molecular weight is 537 g/mol. The fourth-order valence-electron chi connectivity index (χ4n) is 2.18. The van der Waals surface area contributed by atoms with E-state index >= 15 is 0 Å². The lowest BCUT2D eigenvalue weighted by Gasteiger charge is -2.18. The smallest absolute Gasteiger partial charge is 0.211 e. The highest BCUT2D eigenvalue weighted by Gasteiger charge is 2.13. The van der Waals surface area contributed by atoms with Crippen molar-refractivity contribution >= 4 is 63.2 Å². The van der Waals surface area contributed by atoms with Crippen molar-refractivity contribution in [1.82, 2.24) is 14.9 Å². The number of hydrogen-bond donors (Lipinski definition) is 2. The minimum atomic E-state index is -3.15. The Labute approximate surface area is 183 Å². The second kappa shape index (κ2) is 13.0. The summed E-state index contributed by atoms with van der Waals surface area (Å²) in [5.41, 5.74) is 0.887. The molecular formula is C16H27Cl2IN4O2S. The third-order valence-corrected chi connectivity index (χ3v) is 5.43. The lowest BCUT2D eigenvalue weighted by atomic mass is 10.2. The van der Waals surface area contributed by atoms with Crippen LogP contribution in [0, 0.1) is 0 Å². The van der Waals surface area contributed by atoms with Gasteiger partial charge in [0.2, 0.25) is 10.0 Å². The highest BCUT2D eigenvalue weighted by molar-refractivity contribution is 14.0. The summed E-state index contributed by atoms with van der Waals surface area (Å²) in [5, 5.41) is 7.53. The predicted molar refractivity (Wildman–Crippen MR) is 121 cm³/mol. The van der Waals surface area contributed by atoms with Crippen LogP contribution in [0.2, 0.25) is 10.0 Å². The van der Waals surface area contributed by atoms with Gasteiger partial charge in [0, 0.05) is 36.2 Å². The molecule has 0 aliphatic heterocycles. The molecule has 1 aromatic carbocycles. The molecule has 1 rings (SSSR count). The van der Waals surface area contributed by atoms with Crippen LogP contribution < -0.4 is 10.6 Å². The highest BCUT2D eigenvalue weighted by Crippen LogP contribution is 2.21. The first-order valence-electron chi connectivity index (χ1n) is 8.19. The Morgan fingerprint density at radius 2 is 1.92 bits per heavy atom. The van der Waals surface area contributed by atoms with Gasteiger partial charge in [-0.05, 0) is 31.0 Å². The van der Waals surface area contributed by atoms with Crippen LogP contribution in [0.5, 0.6) is 0 Å². The molecule has 6 nitrogen and oxygen atoms in total. The molecule has 26 heavy (non-hydrogen) atoms. The molecule has 1 aromatic rings. The van der Waals surface area contributed by atoms with Crippen molar-refractivity contribution in [2.45, 2.75) is 26.8 Å². The molecule has 150 valence electrons. The first kappa shape index (κ1) is 25.7. The minimum absolute atomic E-state index is 0. The molecule has 0 heterocycles. The summed E-state index contributed by atoms with van der Waals surface area (Å²) >= 11 is 12.0. The van der Waals surface area contributed by atoms with Crippen molar-refractivity contribution in [3.63, 3.8) is 0 Å². The summed E-state index contributed by atoms with van der Waals surface area (Å²) in [6.07, 6.45) is 1.92. The third kappa shape index (κ3) is 9.59. The average Bonchev–Trinajstić information content (AvgIpc) is 2.52. The van der Waals surface area contributed by atoms with E-state index in [0.29, 0.717) is 48.6 Å². The standard InChI is InChI=1S/C16H26Cl2N4O2S.HI/c1-4-19-16(20-9-6-10-22(5-2)25(3,23)24)21-12-13-7-8-14(17)11-15(13)18;/h7-8,11H,4-6,9-10,12H2,1-3H3,(H2,19,20,21);1H. The van der Waals surface area contributed by atoms with Gasteiger partial charge in [0.1, 0.15) is 0 Å². The van der Waals surface area contributed by atoms with Gasteiger partial charge >= 0.3 is 0 Å². The Morgan fingerprint density at radius 1 is 1.23 bits per heavy atom. The van der Waals surface area contributed by atoms with Crippen LogP contribution in [0.1, 0.15) is 25.8 Å². The first-order chi connectivity index (χ1) is 11.8. The summed E-state index contributed by atoms with van der Waals surface area (Å²) < 4.78 is 24.6. The fourth-order valence-corrected chi connectivity index (χ4v) is 3.57. The summed E-state index contributed by atoms with van der Waals surface area (Å²) in [4.78, 5) is 4.49. The molecular weight excluding hydrogens is 510 g/mol. The van der Waals surface area contributed by atoms with E-state index in [1.54, 1.807) is 12.1 Å². The molecule has 0 amide bonds. The maximum Gasteiger partial charge on any atom is 0.211 e. The van der Waals surface area contributed by atoms with E-state index < -0.39 is 10.0 Å². The number of guanidine groups is 1. The van der Waals surface area contributed by atoms with Crippen molar-refractivity contribution in [3.8, 4) is 0 Å². The fraction of sp³-hybridized carbons (Fsp3) is 0.562. The van der Waals surface area contributed by atoms with Gasteiger partial charge in [-0.25, -0.2) is 17.7 Å². The van der Waals surface area contributed by atoms with E-state index in [9.17, 15) is 8.42 Å². The summed E-state index contributed by atoms with van der Waals surface area (Å²) in [6.45, 7) is 6.53. The van der Waals surface area contributed by atoms with E-state index in [1.165, 1.54) is 10.6 Å². The molecule has 0 aromatic heterocycles. The zero-order chi connectivity index (χ0) is 18.9. The number of hydrogen-bond acceptors (Lipinski definition) is 3. The molecule has 0 saturated heterocycles. The molecule has 10 heteroatoms. The lowest BCUT2D eigenvalue weighted by molar-refractivity contribution is 0.424. The quantitative estimate of drug-likeness (QED) is 0.220. The monoisotopic (exact) mass is 536 g/mol. The zero-order valence-corrected chi connectivity index (χ0v) is 19.9. The molecule has 2 N–H and O–H groups in total. The van der Waals surface area contributed by atoms with Crippen LogP contribution in [-0.2, 0) is 16.6 Å². The van der Waals surface area contributed by atoms with Crippen molar-refractivity contribution in [2.75, 3.05) is 32.4 Å². The topological polar surface area (TPSA) is 73.8 Å². The van der Waals surface area contributed by atoms with E-state index in [2.05, 4.69) is 15.6 Å². The maximum atomic E-state index is 11.6. The summed E-state index contributed by atoms with van der Waals surface area (Å²) in [6, 6.07) is 5.32. The van der Waals surface area contributed by atoms with Crippen LogP contribution in [-0.4, -0.2) is 51.1 Å². The molecule has 0 fully saturated rings. The molecule has 0 bridgehead atoms. The van der Waals surface area contributed by atoms with Gasteiger partial charge in [-0.3, -0.25) is 0 Å². The lowest BCUT2D eigenvalue weighted by Crippen LogP contribution is -2.39. The van der Waals surface area contributed by atoms with Crippen LogP contribution >= 0.6 is 47.2 Å². The number of nitrogens with one attached hydrogen (secondary N) is 2. The van der Waals surface area contributed by atoms with Crippen LogP contribution in [0.15, 0.2) is 23.2 Å². The Morgan fingerprint density at radius 3 is 2.46 bits per heavy atom. The molecule has 0 unspecified atom stereocenters. The SMILES string of the molecule is CCNC(=NCc1ccc(Cl)cc1Cl)NCCCN(CC)S(C)(=O)=O.I. The zero-order valence-electron chi connectivity index (χ0n) is 15.3. The second-order valence-electron chi connectivity index (χ2n) is 5.47. The predicted octanol–water partition coefficient (Wildman–Crippen LogP) is 3.34. The normalized spacial score (nSPS) is 12.0. The number of rotatable bonds is 9. The molecule has 0 spiro atoms. The van der Waals surface area contributed by atoms with Crippen LogP contribution in [0.25, 0.3) is 0 Å². The van der Waals surface area contributed by atoms with Gasteiger partial charge in [0.05, 0.1) is 12.8 Å². The van der Waals surface area contributed by atoms with Gasteiger partial charge in [-0.15, -0.1) is 24.0 Å². The van der Waals surface area contributed by atoms with Gasteiger partial charge in [0.25, 0.3) is 0 Å². The number of benzene rings is 1. The van der Waals surface area contributed by atoms with E-state index in [-0.39, 0.29) is 24.0 Å². The second-order valence-corrected chi connectivity index (χ2v) is 8.29. The van der Waals surface area contributed by atoms with Crippen LogP contribution in [0.3, 0.4) is 0 Å². The molecule has 0 radical (unpaired) electrons. The Hall–Kier alpha value is -0.290. The highest BCUT2D eigenvalue weighted by atomic mass is 127. The molecule has 0 saturated carbocycles. The van der Waals surface area contributed by atoms with E-state index in [4.69, 9.17) is 23.2 Å². The Kier molecular flexibility index (Phi) is 12.8. The van der Waals surface area contributed by atoms with Gasteiger partial charge in [-0.2, -0.15) is 0 Å². The van der Waals surface area contributed by atoms with Crippen molar-refractivity contribution in [1.29, 1.82) is 0 Å². The number of halogens is 3. The van der Waals surface area contributed by atoms with Crippen LogP contribution in [0.4, 0.5) is 0 Å². The summed E-state index contributed by atoms with van der Waals surface area (Å²) in [5.74, 6) is 0.663.